The van der Waals surface area contributed by atoms with Crippen LogP contribution in [0.2, 0.25) is 0 Å². The Labute approximate surface area is 103 Å². The summed E-state index contributed by atoms with van der Waals surface area (Å²) in [6.45, 7) is 0.133. The number of ether oxygens (including phenoxy) is 2. The van der Waals surface area contributed by atoms with Crippen molar-refractivity contribution in [2.45, 2.75) is 6.54 Å². The summed E-state index contributed by atoms with van der Waals surface area (Å²) in [4.78, 5) is 4.05. The molecule has 2 rings (SSSR count). The number of nitrogens with zero attached hydrogens (tertiary/aromatic N) is 2. The van der Waals surface area contributed by atoms with Crippen LogP contribution < -0.4 is 15.2 Å². The van der Waals surface area contributed by atoms with Crippen LogP contribution in [-0.2, 0) is 6.54 Å². The lowest BCUT2D eigenvalue weighted by Crippen LogP contribution is -1.97. The molecule has 2 N–H and O–H groups in total. The molecule has 0 spiro atoms. The summed E-state index contributed by atoms with van der Waals surface area (Å²) < 4.78 is 28.4. The predicted octanol–water partition coefficient (Wildman–Crippen LogP) is 1.35. The third kappa shape index (κ3) is 2.12. The molecule has 0 aliphatic heterocycles. The van der Waals surface area contributed by atoms with Crippen molar-refractivity contribution in [1.82, 2.24) is 10.1 Å². The Morgan fingerprint density at radius 2 is 2.00 bits per heavy atom. The van der Waals surface area contributed by atoms with Crippen molar-refractivity contribution in [3.63, 3.8) is 0 Å². The average molecular weight is 253 g/mol. The topological polar surface area (TPSA) is 83.4 Å². The quantitative estimate of drug-likeness (QED) is 0.885. The molecule has 2 aromatic rings. The molecule has 1 heterocycles. The molecule has 1 aromatic carbocycles. The van der Waals surface area contributed by atoms with Crippen LogP contribution in [0, 0.1) is 5.82 Å². The van der Waals surface area contributed by atoms with E-state index in [9.17, 15) is 4.39 Å². The normalized spacial score (nSPS) is 10.4. The van der Waals surface area contributed by atoms with Crippen LogP contribution >= 0.6 is 0 Å². The van der Waals surface area contributed by atoms with Gasteiger partial charge in [0.15, 0.2) is 11.6 Å². The Hall–Kier alpha value is -2.15. The maximum atomic E-state index is 13.5. The molecule has 1 aromatic heterocycles. The van der Waals surface area contributed by atoms with Crippen molar-refractivity contribution in [1.29, 1.82) is 0 Å². The van der Waals surface area contributed by atoms with Crippen LogP contribution in [0.5, 0.6) is 11.5 Å². The van der Waals surface area contributed by atoms with Gasteiger partial charge in [-0.3, -0.25) is 0 Å². The zero-order chi connectivity index (χ0) is 13.1. The van der Waals surface area contributed by atoms with Gasteiger partial charge in [-0.15, -0.1) is 0 Å². The number of nitrogens with two attached hydrogens (primary N) is 1. The molecule has 0 atom stereocenters. The zero-order valence-electron chi connectivity index (χ0n) is 9.94. The van der Waals surface area contributed by atoms with Crippen molar-refractivity contribution in [2.24, 2.45) is 5.73 Å². The average Bonchev–Trinajstić information content (AvgIpc) is 2.87. The van der Waals surface area contributed by atoms with Gasteiger partial charge in [0.05, 0.1) is 26.3 Å². The molecular weight excluding hydrogens is 241 g/mol. The van der Waals surface area contributed by atoms with Gasteiger partial charge in [-0.1, -0.05) is 5.16 Å². The van der Waals surface area contributed by atoms with E-state index in [0.717, 1.165) is 0 Å². The summed E-state index contributed by atoms with van der Waals surface area (Å²) >= 11 is 0. The standard InChI is InChI=1S/C11H12FN3O3/c1-16-8-4-7(12)9(17-2)3-6(8)11-14-10(5-13)18-15-11/h3-4H,5,13H2,1-2H3. The highest BCUT2D eigenvalue weighted by atomic mass is 19.1. The number of halogens is 1. The second-order valence-corrected chi connectivity index (χ2v) is 3.40. The van der Waals surface area contributed by atoms with Crippen molar-refractivity contribution in [2.75, 3.05) is 14.2 Å². The summed E-state index contributed by atoms with van der Waals surface area (Å²) in [5, 5.41) is 3.75. The van der Waals surface area contributed by atoms with E-state index in [1.165, 1.54) is 26.4 Å². The molecule has 0 fully saturated rings. The van der Waals surface area contributed by atoms with Gasteiger partial charge in [0.2, 0.25) is 11.7 Å². The van der Waals surface area contributed by atoms with Gasteiger partial charge >= 0.3 is 0 Å². The van der Waals surface area contributed by atoms with E-state index in [1.807, 2.05) is 0 Å². The Morgan fingerprint density at radius 3 is 2.56 bits per heavy atom. The highest BCUT2D eigenvalue weighted by molar-refractivity contribution is 5.66. The molecule has 0 bridgehead atoms. The Bertz CT molecular complexity index is 556. The number of hydrogen-bond acceptors (Lipinski definition) is 6. The van der Waals surface area contributed by atoms with Crippen molar-refractivity contribution < 1.29 is 18.4 Å². The molecule has 7 heteroatoms. The number of rotatable bonds is 4. The first-order valence-corrected chi connectivity index (χ1v) is 5.14. The molecular formula is C11H12FN3O3. The molecule has 96 valence electrons. The summed E-state index contributed by atoms with van der Waals surface area (Å²) in [7, 11) is 2.80. The Kier molecular flexibility index (Phi) is 3.42. The van der Waals surface area contributed by atoms with Gasteiger partial charge < -0.3 is 19.7 Å². The van der Waals surface area contributed by atoms with Gasteiger partial charge in [0, 0.05) is 6.07 Å². The van der Waals surface area contributed by atoms with Crippen molar-refractivity contribution in [3.8, 4) is 22.9 Å². The first kappa shape index (κ1) is 12.3. The second-order valence-electron chi connectivity index (χ2n) is 3.40. The molecule has 0 saturated heterocycles. The third-order valence-corrected chi connectivity index (χ3v) is 2.36. The summed E-state index contributed by atoms with van der Waals surface area (Å²) in [6, 6.07) is 2.64. The summed E-state index contributed by atoms with van der Waals surface area (Å²) in [5.74, 6) is 0.393. The molecule has 0 saturated carbocycles. The predicted molar refractivity (Wildman–Crippen MR) is 60.7 cm³/mol. The lowest BCUT2D eigenvalue weighted by atomic mass is 10.1. The Balaban J connectivity index is 2.54. The molecule has 0 amide bonds. The second kappa shape index (κ2) is 5.01. The van der Waals surface area contributed by atoms with Gasteiger partial charge in [-0.2, -0.15) is 4.98 Å². The van der Waals surface area contributed by atoms with Crippen LogP contribution in [0.3, 0.4) is 0 Å². The van der Waals surface area contributed by atoms with Crippen LogP contribution in [0.15, 0.2) is 16.7 Å². The summed E-state index contributed by atoms with van der Waals surface area (Å²) in [5.41, 5.74) is 5.85. The molecule has 18 heavy (non-hydrogen) atoms. The smallest absolute Gasteiger partial charge is 0.240 e. The maximum absolute atomic E-state index is 13.5. The number of hydrogen-bond donors (Lipinski definition) is 1. The molecule has 0 unspecified atom stereocenters. The van der Waals surface area contributed by atoms with Crippen LogP contribution in [-0.4, -0.2) is 24.4 Å². The number of aromatic nitrogens is 2. The lowest BCUT2D eigenvalue weighted by Gasteiger charge is -2.08. The zero-order valence-corrected chi connectivity index (χ0v) is 9.94. The minimum Gasteiger partial charge on any atom is -0.496 e. The fourth-order valence-electron chi connectivity index (χ4n) is 1.48. The van der Waals surface area contributed by atoms with Crippen LogP contribution in [0.1, 0.15) is 5.89 Å². The molecule has 0 radical (unpaired) electrons. The number of benzene rings is 1. The van der Waals surface area contributed by atoms with E-state index < -0.39 is 5.82 Å². The van der Waals surface area contributed by atoms with Crippen LogP contribution in [0.25, 0.3) is 11.4 Å². The van der Waals surface area contributed by atoms with E-state index in [2.05, 4.69) is 10.1 Å². The maximum Gasteiger partial charge on any atom is 0.240 e. The van der Waals surface area contributed by atoms with Gasteiger partial charge in [-0.25, -0.2) is 4.39 Å². The highest BCUT2D eigenvalue weighted by Gasteiger charge is 2.17. The fourth-order valence-corrected chi connectivity index (χ4v) is 1.48. The lowest BCUT2D eigenvalue weighted by molar-refractivity contribution is 0.375. The minimum atomic E-state index is -0.527. The molecule has 0 aliphatic carbocycles. The van der Waals surface area contributed by atoms with Crippen molar-refractivity contribution >= 4 is 0 Å². The van der Waals surface area contributed by atoms with Gasteiger partial charge in [0.1, 0.15) is 5.75 Å². The largest absolute Gasteiger partial charge is 0.496 e. The van der Waals surface area contributed by atoms with E-state index >= 15 is 0 Å². The van der Waals surface area contributed by atoms with Gasteiger partial charge in [-0.05, 0) is 6.07 Å². The Morgan fingerprint density at radius 1 is 1.28 bits per heavy atom. The number of methoxy groups -OCH3 is 2. The minimum absolute atomic E-state index is 0.0740. The summed E-state index contributed by atoms with van der Waals surface area (Å²) in [6.07, 6.45) is 0. The first-order chi connectivity index (χ1) is 8.69. The van der Waals surface area contributed by atoms with Crippen molar-refractivity contribution in [3.05, 3.63) is 23.8 Å². The van der Waals surface area contributed by atoms with E-state index in [-0.39, 0.29) is 29.8 Å². The van der Waals surface area contributed by atoms with Gasteiger partial charge in [0.25, 0.3) is 0 Å². The van der Waals surface area contributed by atoms with E-state index in [4.69, 9.17) is 19.7 Å². The fraction of sp³-hybridized carbons (Fsp3) is 0.273. The highest BCUT2D eigenvalue weighted by Crippen LogP contribution is 2.33. The third-order valence-electron chi connectivity index (χ3n) is 2.36. The molecule has 0 aliphatic rings. The van der Waals surface area contributed by atoms with E-state index in [1.54, 1.807) is 0 Å². The monoisotopic (exact) mass is 253 g/mol. The first-order valence-electron chi connectivity index (χ1n) is 5.14. The SMILES string of the molecule is COc1cc(-c2noc(CN)n2)c(OC)cc1F. The van der Waals surface area contributed by atoms with Crippen LogP contribution in [0.4, 0.5) is 4.39 Å². The van der Waals surface area contributed by atoms with E-state index in [0.29, 0.717) is 5.56 Å². The molecule has 6 nitrogen and oxygen atoms in total.